The van der Waals surface area contributed by atoms with Crippen LogP contribution in [0.2, 0.25) is 0 Å². The number of hydrogen-bond acceptors (Lipinski definition) is 3. The van der Waals surface area contributed by atoms with Crippen LogP contribution in [0, 0.1) is 0 Å². The van der Waals surface area contributed by atoms with E-state index in [9.17, 15) is 0 Å². The van der Waals surface area contributed by atoms with Crippen molar-refractivity contribution < 1.29 is 47.8 Å². The fourth-order valence-electron chi connectivity index (χ4n) is 0. The van der Waals surface area contributed by atoms with E-state index in [1.807, 2.05) is 0 Å². The van der Waals surface area contributed by atoms with Crippen molar-refractivity contribution in [1.82, 2.24) is 0 Å². The third kappa shape index (κ3) is 63.8. The molecule has 0 aliphatic rings. The predicted molar refractivity (Wildman–Crippen MR) is 2.06 cm³/mol. The van der Waals surface area contributed by atoms with Crippen molar-refractivity contribution >= 4 is 0 Å². The summed E-state index contributed by atoms with van der Waals surface area (Å²) in [5, 5.41) is 0. The van der Waals surface area contributed by atoms with Gasteiger partial charge in [-0.05, 0) is 0 Å². The fourth-order valence-corrected chi connectivity index (χ4v) is 0. The molecule has 0 aliphatic carbocycles. The molecule has 0 saturated heterocycles. The Hall–Kier alpha value is 0.751. The first-order valence-electron chi connectivity index (χ1n) is 0.500. The van der Waals surface area contributed by atoms with Gasteiger partial charge in [-0.1, -0.05) is 0 Å². The summed E-state index contributed by atoms with van der Waals surface area (Å²) in [4.78, 5) is 0. The molecule has 1 radical (unpaired) electrons. The van der Waals surface area contributed by atoms with E-state index < -0.39 is 17.2 Å². The summed E-state index contributed by atoms with van der Waals surface area (Å²) < 4.78 is 25.8. The average molecular weight is 330 g/mol. The quantitative estimate of drug-likeness (QED) is 0.570. The molecule has 0 N–H and O–H groups in total. The molecule has 0 rings (SSSR count). The van der Waals surface area contributed by atoms with Crippen molar-refractivity contribution in [3.63, 3.8) is 0 Å². The van der Waals surface area contributed by atoms with E-state index >= 15 is 0 Å². The third-order valence-electron chi connectivity index (χ3n) is 0. The van der Waals surface area contributed by atoms with Gasteiger partial charge in [0.2, 0.25) is 0 Å². The van der Waals surface area contributed by atoms with Crippen molar-refractivity contribution in [3.05, 3.63) is 0 Å². The summed E-state index contributed by atoms with van der Waals surface area (Å²) in [6.45, 7) is 0. The van der Waals surface area contributed by atoms with Crippen molar-refractivity contribution in [2.24, 2.45) is 0 Å². The molecule has 0 aromatic carbocycles. The van der Waals surface area contributed by atoms with Crippen LogP contribution in [0.4, 0.5) is 0 Å². The van der Waals surface area contributed by atoms with Crippen LogP contribution in [-0.2, 0) is 47.8 Å². The topological polar surface area (TPSA) is 51.2 Å². The first-order valence-corrected chi connectivity index (χ1v) is 2.96. The van der Waals surface area contributed by atoms with Gasteiger partial charge >= 0.3 is 27.4 Å². The van der Waals surface area contributed by atoms with Crippen LogP contribution in [0.15, 0.2) is 0 Å². The number of rotatable bonds is 0. The van der Waals surface area contributed by atoms with Crippen LogP contribution in [0.5, 0.6) is 0 Å². The van der Waals surface area contributed by atoms with Gasteiger partial charge in [-0.25, -0.2) is 0 Å². The first kappa shape index (κ1) is 9.23. The minimum absolute atomic E-state index is 0. The molecule has 0 spiro atoms. The fraction of sp³-hybridized carbons (Fsp3) is 0. The van der Waals surface area contributed by atoms with Crippen LogP contribution in [0.1, 0.15) is 0 Å². The summed E-state index contributed by atoms with van der Waals surface area (Å²) in [6.07, 6.45) is 0. The molecule has 0 aromatic heterocycles. The molecule has 3 nitrogen and oxygen atoms in total. The van der Waals surface area contributed by atoms with Crippen LogP contribution in [0.25, 0.3) is 0 Å². The van der Waals surface area contributed by atoms with Gasteiger partial charge in [0.15, 0.2) is 0 Å². The van der Waals surface area contributed by atoms with E-state index in [-0.39, 0.29) is 20.4 Å². The number of hydrogen-bond donors (Lipinski definition) is 0. The molecule has 0 amide bonds. The SMILES string of the molecule is [O]=[Mo](=[O])=[O].[Re]. The first-order chi connectivity index (χ1) is 1.73. The second kappa shape index (κ2) is 4.75. The summed E-state index contributed by atoms with van der Waals surface area (Å²) >= 11 is -4.11. The molecule has 31 valence electrons. The van der Waals surface area contributed by atoms with Crippen molar-refractivity contribution in [1.29, 1.82) is 0 Å². The smallest absolute Gasteiger partial charge is 0 e. The van der Waals surface area contributed by atoms with E-state index in [2.05, 4.69) is 0 Å². The Morgan fingerprint density at radius 3 is 1.00 bits per heavy atom. The molecule has 0 saturated carbocycles. The molecule has 0 heterocycles. The average Bonchev–Trinajstić information content (AvgIpc) is 0.811. The van der Waals surface area contributed by atoms with Gasteiger partial charge in [-0.15, -0.1) is 0 Å². The van der Waals surface area contributed by atoms with Crippen molar-refractivity contribution in [3.8, 4) is 0 Å². The van der Waals surface area contributed by atoms with Crippen molar-refractivity contribution in [2.45, 2.75) is 0 Å². The molecule has 5 heavy (non-hydrogen) atoms. The van der Waals surface area contributed by atoms with Crippen LogP contribution >= 0.6 is 0 Å². The Bertz CT molecular complexity index is 76.3. The Morgan fingerprint density at radius 2 is 1.00 bits per heavy atom. The molecule has 0 aromatic rings. The Kier molecular flexibility index (Phi) is 8.77. The maximum Gasteiger partial charge on any atom is 0 e. The van der Waals surface area contributed by atoms with Gasteiger partial charge in [0, 0.05) is 20.4 Å². The summed E-state index contributed by atoms with van der Waals surface area (Å²) in [6, 6.07) is 0. The van der Waals surface area contributed by atoms with Crippen LogP contribution in [0.3, 0.4) is 0 Å². The molecule has 0 unspecified atom stereocenters. The van der Waals surface area contributed by atoms with Crippen LogP contribution in [-0.4, -0.2) is 0 Å². The van der Waals surface area contributed by atoms with Gasteiger partial charge in [0.1, 0.15) is 0 Å². The van der Waals surface area contributed by atoms with Gasteiger partial charge in [0.05, 0.1) is 0 Å². The zero-order valence-corrected chi connectivity index (χ0v) is 6.73. The minimum atomic E-state index is -4.11. The standard InChI is InChI=1S/Mo.3O.Re. The van der Waals surface area contributed by atoms with Crippen LogP contribution < -0.4 is 0 Å². The molecular formula is MoO3Re. The van der Waals surface area contributed by atoms with Crippen molar-refractivity contribution in [2.75, 3.05) is 0 Å². The zero-order valence-electron chi connectivity index (χ0n) is 2.01. The van der Waals surface area contributed by atoms with E-state index in [0.717, 1.165) is 0 Å². The second-order valence-electron chi connectivity index (χ2n) is 0.204. The minimum Gasteiger partial charge on any atom is 0 e. The van der Waals surface area contributed by atoms with E-state index in [0.29, 0.717) is 0 Å². The Balaban J connectivity index is 0. The summed E-state index contributed by atoms with van der Waals surface area (Å²) in [5.74, 6) is 0. The Labute approximate surface area is 47.9 Å². The van der Waals surface area contributed by atoms with Gasteiger partial charge < -0.3 is 0 Å². The zero-order chi connectivity index (χ0) is 3.58. The molecule has 5 heteroatoms. The summed E-state index contributed by atoms with van der Waals surface area (Å²) in [5.41, 5.74) is 0. The Morgan fingerprint density at radius 1 is 1.00 bits per heavy atom. The molecule has 0 atom stereocenters. The monoisotopic (exact) mass is 333 g/mol. The maximum atomic E-state index is 8.59. The van der Waals surface area contributed by atoms with Gasteiger partial charge in [-0.3, -0.25) is 0 Å². The van der Waals surface area contributed by atoms with E-state index in [1.54, 1.807) is 0 Å². The van der Waals surface area contributed by atoms with Gasteiger partial charge in [0.25, 0.3) is 0 Å². The van der Waals surface area contributed by atoms with Gasteiger partial charge in [-0.2, -0.15) is 0 Å². The third-order valence-corrected chi connectivity index (χ3v) is 0. The molecule has 0 bridgehead atoms. The van der Waals surface area contributed by atoms with E-state index in [1.165, 1.54) is 0 Å². The maximum absolute atomic E-state index is 8.59. The van der Waals surface area contributed by atoms with E-state index in [4.69, 9.17) is 10.2 Å². The molecular weight excluding hydrogens is 330 g/mol. The summed E-state index contributed by atoms with van der Waals surface area (Å²) in [7, 11) is 0. The predicted octanol–water partition coefficient (Wildman–Crippen LogP) is -0.361. The molecule has 0 fully saturated rings. The largest absolute Gasteiger partial charge is 0 e. The normalized spacial score (nSPS) is 4.80. The molecule has 0 aliphatic heterocycles. The second-order valence-corrected chi connectivity index (χ2v) is 1.21.